The quantitative estimate of drug-likeness (QED) is 0.687. The third-order valence-corrected chi connectivity index (χ3v) is 3.59. The Kier molecular flexibility index (Phi) is 2.10. The highest BCUT2D eigenvalue weighted by molar-refractivity contribution is 6.07. The molecular weight excluding hydrogens is 186 g/mol. The minimum atomic E-state index is -0.323. The maximum absolute atomic E-state index is 12.2. The second kappa shape index (κ2) is 3.09. The van der Waals surface area contributed by atoms with E-state index in [9.17, 15) is 4.79 Å². The summed E-state index contributed by atoms with van der Waals surface area (Å²) in [5.74, 6) is 0.214. The third kappa shape index (κ3) is 1.21. The van der Waals surface area contributed by atoms with Crippen LogP contribution in [0.4, 0.5) is 5.69 Å². The highest BCUT2D eigenvalue weighted by atomic mass is 16.2. The lowest BCUT2D eigenvalue weighted by atomic mass is 9.81. The first-order chi connectivity index (χ1) is 7.00. The molecule has 80 valence electrons. The lowest BCUT2D eigenvalue weighted by molar-refractivity contribution is -0.122. The second-order valence-corrected chi connectivity index (χ2v) is 4.57. The van der Waals surface area contributed by atoms with E-state index in [0.717, 1.165) is 12.1 Å². The molecule has 0 spiro atoms. The smallest absolute Gasteiger partial charge is 0.237 e. The molecule has 1 aliphatic rings. The zero-order valence-electron chi connectivity index (χ0n) is 9.79. The predicted octanol–water partition coefficient (Wildman–Crippen LogP) is 2.64. The van der Waals surface area contributed by atoms with Crippen molar-refractivity contribution < 1.29 is 4.79 Å². The van der Waals surface area contributed by atoms with Gasteiger partial charge in [0.05, 0.1) is 5.41 Å². The molecule has 15 heavy (non-hydrogen) atoms. The molecule has 2 nitrogen and oxygen atoms in total. The van der Waals surface area contributed by atoms with E-state index in [2.05, 4.69) is 26.0 Å². The number of carbonyl (C=O) groups is 1. The van der Waals surface area contributed by atoms with E-state index in [0.29, 0.717) is 0 Å². The van der Waals surface area contributed by atoms with Gasteiger partial charge in [0, 0.05) is 12.7 Å². The van der Waals surface area contributed by atoms with Crippen LogP contribution in [0.25, 0.3) is 0 Å². The van der Waals surface area contributed by atoms with E-state index < -0.39 is 0 Å². The van der Waals surface area contributed by atoms with Crippen LogP contribution in [0.3, 0.4) is 0 Å². The number of nitrogens with zero attached hydrogens (tertiary/aromatic N) is 1. The molecule has 1 heterocycles. The average Bonchev–Trinajstić information content (AvgIpc) is 2.42. The number of amides is 1. The van der Waals surface area contributed by atoms with Gasteiger partial charge in [0.25, 0.3) is 0 Å². The van der Waals surface area contributed by atoms with Crippen LogP contribution in [-0.2, 0) is 10.2 Å². The molecule has 0 aromatic heterocycles. The van der Waals surface area contributed by atoms with E-state index in [1.165, 1.54) is 11.1 Å². The van der Waals surface area contributed by atoms with Gasteiger partial charge < -0.3 is 4.90 Å². The van der Waals surface area contributed by atoms with Crippen LogP contribution in [0.2, 0.25) is 0 Å². The number of hydrogen-bond donors (Lipinski definition) is 0. The van der Waals surface area contributed by atoms with Gasteiger partial charge in [0.15, 0.2) is 0 Å². The van der Waals surface area contributed by atoms with Gasteiger partial charge in [-0.3, -0.25) is 4.79 Å². The summed E-state index contributed by atoms with van der Waals surface area (Å²) in [6.45, 7) is 6.18. The summed E-state index contributed by atoms with van der Waals surface area (Å²) in [4.78, 5) is 13.9. The molecule has 0 aliphatic carbocycles. The molecule has 0 N–H and O–H groups in total. The number of anilines is 1. The van der Waals surface area contributed by atoms with Crippen molar-refractivity contribution in [2.45, 2.75) is 32.6 Å². The summed E-state index contributed by atoms with van der Waals surface area (Å²) in [5, 5.41) is 0. The number of likely N-dealkylation sites (N-methyl/N-ethyl adjacent to an activating group) is 1. The van der Waals surface area contributed by atoms with Crippen molar-refractivity contribution in [3.8, 4) is 0 Å². The predicted molar refractivity (Wildman–Crippen MR) is 62.2 cm³/mol. The number of fused-ring (bicyclic) bond motifs is 1. The van der Waals surface area contributed by atoms with E-state index in [-0.39, 0.29) is 11.3 Å². The summed E-state index contributed by atoms with van der Waals surface area (Å²) in [6.07, 6.45) is 0.854. The molecule has 2 rings (SSSR count). The first kappa shape index (κ1) is 10.2. The van der Waals surface area contributed by atoms with Gasteiger partial charge in [-0.15, -0.1) is 0 Å². The van der Waals surface area contributed by atoms with Crippen LogP contribution in [-0.4, -0.2) is 13.0 Å². The Balaban J connectivity index is 2.67. The van der Waals surface area contributed by atoms with E-state index in [1.54, 1.807) is 4.90 Å². The van der Waals surface area contributed by atoms with Crippen molar-refractivity contribution >= 4 is 11.6 Å². The lowest BCUT2D eigenvalue weighted by Crippen LogP contribution is -2.35. The molecule has 2 heteroatoms. The zero-order chi connectivity index (χ0) is 11.2. The fourth-order valence-corrected chi connectivity index (χ4v) is 2.32. The van der Waals surface area contributed by atoms with Crippen molar-refractivity contribution in [2.75, 3.05) is 11.9 Å². The van der Waals surface area contributed by atoms with Crippen LogP contribution in [0, 0.1) is 6.92 Å². The van der Waals surface area contributed by atoms with E-state index in [4.69, 9.17) is 0 Å². The van der Waals surface area contributed by atoms with E-state index in [1.807, 2.05) is 20.0 Å². The minimum Gasteiger partial charge on any atom is -0.314 e. The van der Waals surface area contributed by atoms with Crippen molar-refractivity contribution in [3.05, 3.63) is 29.3 Å². The maximum atomic E-state index is 12.2. The summed E-state index contributed by atoms with van der Waals surface area (Å²) >= 11 is 0. The molecule has 0 fully saturated rings. The lowest BCUT2D eigenvalue weighted by Gasteiger charge is -2.20. The van der Waals surface area contributed by atoms with Crippen LogP contribution in [0.1, 0.15) is 31.4 Å². The molecule has 0 saturated heterocycles. The van der Waals surface area contributed by atoms with Gasteiger partial charge in [-0.05, 0) is 31.9 Å². The van der Waals surface area contributed by atoms with Gasteiger partial charge in [-0.1, -0.05) is 24.6 Å². The zero-order valence-corrected chi connectivity index (χ0v) is 9.79. The Bertz CT molecular complexity index is 425. The molecule has 0 saturated carbocycles. The van der Waals surface area contributed by atoms with Crippen molar-refractivity contribution in [1.82, 2.24) is 0 Å². The highest BCUT2D eigenvalue weighted by Crippen LogP contribution is 2.43. The normalized spacial score (nSPS) is 24.5. The van der Waals surface area contributed by atoms with E-state index >= 15 is 0 Å². The largest absolute Gasteiger partial charge is 0.314 e. The Morgan fingerprint density at radius 2 is 2.07 bits per heavy atom. The maximum Gasteiger partial charge on any atom is 0.237 e. The highest BCUT2D eigenvalue weighted by Gasteiger charge is 2.44. The Hall–Kier alpha value is -1.31. The number of rotatable bonds is 1. The molecule has 1 amide bonds. The molecular formula is C13H17NO. The number of aryl methyl sites for hydroxylation is 1. The molecule has 1 aliphatic heterocycles. The van der Waals surface area contributed by atoms with Crippen LogP contribution in [0.5, 0.6) is 0 Å². The Labute approximate surface area is 90.9 Å². The Morgan fingerprint density at radius 3 is 2.67 bits per heavy atom. The van der Waals surface area contributed by atoms with Crippen molar-refractivity contribution in [2.24, 2.45) is 0 Å². The first-order valence-electron chi connectivity index (χ1n) is 5.40. The topological polar surface area (TPSA) is 20.3 Å². The molecule has 1 aromatic rings. The number of benzene rings is 1. The fourth-order valence-electron chi connectivity index (χ4n) is 2.32. The monoisotopic (exact) mass is 203 g/mol. The van der Waals surface area contributed by atoms with Crippen molar-refractivity contribution in [3.63, 3.8) is 0 Å². The number of hydrogen-bond acceptors (Lipinski definition) is 1. The van der Waals surface area contributed by atoms with Crippen molar-refractivity contribution in [1.29, 1.82) is 0 Å². The fraction of sp³-hybridized carbons (Fsp3) is 0.462. The van der Waals surface area contributed by atoms with Gasteiger partial charge in [0.1, 0.15) is 0 Å². The van der Waals surface area contributed by atoms with Gasteiger partial charge in [-0.25, -0.2) is 0 Å². The summed E-state index contributed by atoms with van der Waals surface area (Å²) < 4.78 is 0. The molecule has 0 bridgehead atoms. The molecule has 0 unspecified atom stereocenters. The number of carbonyl (C=O) groups excluding carboxylic acids is 1. The van der Waals surface area contributed by atoms with Gasteiger partial charge in [0.2, 0.25) is 5.91 Å². The van der Waals surface area contributed by atoms with Gasteiger partial charge in [-0.2, -0.15) is 0 Å². The Morgan fingerprint density at radius 1 is 1.40 bits per heavy atom. The summed E-state index contributed by atoms with van der Waals surface area (Å²) in [6, 6.07) is 6.24. The van der Waals surface area contributed by atoms with Crippen LogP contribution in [0.15, 0.2) is 18.2 Å². The summed E-state index contributed by atoms with van der Waals surface area (Å²) in [7, 11) is 1.86. The van der Waals surface area contributed by atoms with Crippen LogP contribution < -0.4 is 4.90 Å². The second-order valence-electron chi connectivity index (χ2n) is 4.57. The van der Waals surface area contributed by atoms with Gasteiger partial charge >= 0.3 is 0 Å². The standard InChI is InChI=1S/C13H17NO/c1-5-13(3)10-8-9(2)6-7-11(10)14(4)12(13)15/h6-8H,5H2,1-4H3/t13-/m1/s1. The molecule has 0 radical (unpaired) electrons. The first-order valence-corrected chi connectivity index (χ1v) is 5.40. The molecule has 1 aromatic carbocycles. The third-order valence-electron chi connectivity index (χ3n) is 3.59. The SMILES string of the molecule is CC[C@@]1(C)C(=O)N(C)c2ccc(C)cc21. The minimum absolute atomic E-state index is 0.214. The van der Waals surface area contributed by atoms with Crippen LogP contribution >= 0.6 is 0 Å². The molecule has 1 atom stereocenters. The summed E-state index contributed by atoms with van der Waals surface area (Å²) in [5.41, 5.74) is 3.14. The average molecular weight is 203 g/mol.